The maximum atomic E-state index is 12.1. The van der Waals surface area contributed by atoms with E-state index >= 15 is 0 Å². The largest absolute Gasteiger partial charge is 0.382 e. The molecule has 8 heteroatoms. The lowest BCUT2D eigenvalue weighted by molar-refractivity contribution is 0.521. The van der Waals surface area contributed by atoms with Crippen LogP contribution in [0.3, 0.4) is 0 Å². The van der Waals surface area contributed by atoms with Gasteiger partial charge in [-0.2, -0.15) is 4.37 Å². The number of hydrogen-bond acceptors (Lipinski definition) is 6. The van der Waals surface area contributed by atoms with Crippen LogP contribution in [0.5, 0.6) is 0 Å². The number of anilines is 2. The molecule has 0 aliphatic rings. The lowest BCUT2D eigenvalue weighted by atomic mass is 10.2. The molecule has 1 rings (SSSR count). The Morgan fingerprint density at radius 2 is 2.06 bits per heavy atom. The Balaban J connectivity index is 3.11. The van der Waals surface area contributed by atoms with Crippen molar-refractivity contribution in [1.82, 2.24) is 8.68 Å². The third kappa shape index (κ3) is 3.08. The van der Waals surface area contributed by atoms with Gasteiger partial charge in [0.1, 0.15) is 5.00 Å². The number of hydrogen-bond donors (Lipinski definition) is 2. The second-order valence-corrected chi connectivity index (χ2v) is 7.15. The van der Waals surface area contributed by atoms with Crippen molar-refractivity contribution in [3.05, 3.63) is 0 Å². The number of rotatable bonds is 5. The van der Waals surface area contributed by atoms with E-state index in [1.165, 1.54) is 14.1 Å². The maximum Gasteiger partial charge on any atom is 0.249 e. The van der Waals surface area contributed by atoms with Gasteiger partial charge < -0.3 is 11.1 Å². The first kappa shape index (κ1) is 14.2. The van der Waals surface area contributed by atoms with Crippen molar-refractivity contribution in [3.63, 3.8) is 0 Å². The molecule has 0 bridgehead atoms. The van der Waals surface area contributed by atoms with Crippen LogP contribution in [0.2, 0.25) is 0 Å². The molecule has 0 unspecified atom stereocenters. The maximum absolute atomic E-state index is 12.1. The van der Waals surface area contributed by atoms with Gasteiger partial charge in [-0.15, -0.1) is 0 Å². The SMILES string of the molecule is CC(C)CNc1snc(N)c1S(=O)(=O)N(C)C. The van der Waals surface area contributed by atoms with Gasteiger partial charge in [-0.05, 0) is 17.5 Å². The highest BCUT2D eigenvalue weighted by molar-refractivity contribution is 7.89. The Morgan fingerprint density at radius 1 is 1.47 bits per heavy atom. The summed E-state index contributed by atoms with van der Waals surface area (Å²) in [5, 5.41) is 3.57. The molecule has 1 aromatic heterocycles. The van der Waals surface area contributed by atoms with Crippen LogP contribution in [0.25, 0.3) is 0 Å². The fourth-order valence-electron chi connectivity index (χ4n) is 1.14. The smallest absolute Gasteiger partial charge is 0.249 e. The van der Waals surface area contributed by atoms with Crippen molar-refractivity contribution in [2.24, 2.45) is 5.92 Å². The minimum absolute atomic E-state index is 0.0509. The number of aromatic nitrogens is 1. The quantitative estimate of drug-likeness (QED) is 0.840. The standard InChI is InChI=1S/C9H18N4O2S2/c1-6(2)5-11-9-7(8(10)12-16-9)17(14,15)13(3)4/h6,11H,5H2,1-4H3,(H2,10,12). The summed E-state index contributed by atoms with van der Waals surface area (Å²) in [5.74, 6) is 0.461. The van der Waals surface area contributed by atoms with Gasteiger partial charge in [0, 0.05) is 20.6 Å². The van der Waals surface area contributed by atoms with Crippen LogP contribution in [-0.2, 0) is 10.0 Å². The second kappa shape index (κ2) is 5.19. The highest BCUT2D eigenvalue weighted by Gasteiger charge is 2.27. The molecular formula is C9H18N4O2S2. The molecule has 0 aliphatic carbocycles. The molecule has 0 fully saturated rings. The fourth-order valence-corrected chi connectivity index (χ4v) is 3.22. The molecular weight excluding hydrogens is 260 g/mol. The predicted octanol–water partition coefficient (Wildman–Crippen LogP) is 1.04. The summed E-state index contributed by atoms with van der Waals surface area (Å²) in [6.45, 7) is 4.76. The van der Waals surface area contributed by atoms with Crippen LogP contribution in [0.15, 0.2) is 4.90 Å². The molecule has 0 spiro atoms. The van der Waals surface area contributed by atoms with Crippen molar-refractivity contribution in [3.8, 4) is 0 Å². The van der Waals surface area contributed by atoms with E-state index in [1.54, 1.807) is 0 Å². The van der Waals surface area contributed by atoms with Crippen molar-refractivity contribution >= 4 is 32.4 Å². The van der Waals surface area contributed by atoms with Gasteiger partial charge in [0.2, 0.25) is 10.0 Å². The molecule has 0 atom stereocenters. The van der Waals surface area contributed by atoms with Crippen molar-refractivity contribution in [1.29, 1.82) is 0 Å². The normalized spacial score (nSPS) is 12.4. The molecule has 0 aromatic carbocycles. The zero-order valence-corrected chi connectivity index (χ0v) is 12.0. The Morgan fingerprint density at radius 3 is 2.53 bits per heavy atom. The number of sulfonamides is 1. The van der Waals surface area contributed by atoms with Gasteiger partial charge in [0.05, 0.1) is 0 Å². The molecule has 6 nitrogen and oxygen atoms in total. The monoisotopic (exact) mass is 278 g/mol. The zero-order chi connectivity index (χ0) is 13.2. The number of nitrogens with two attached hydrogens (primary N) is 1. The summed E-state index contributed by atoms with van der Waals surface area (Å²) in [6, 6.07) is 0. The van der Waals surface area contributed by atoms with E-state index in [-0.39, 0.29) is 10.7 Å². The summed E-state index contributed by atoms with van der Waals surface area (Å²) >= 11 is 1.07. The van der Waals surface area contributed by atoms with Crippen LogP contribution < -0.4 is 11.1 Å². The fraction of sp³-hybridized carbons (Fsp3) is 0.667. The average Bonchev–Trinajstić information content (AvgIpc) is 2.56. The van der Waals surface area contributed by atoms with Gasteiger partial charge in [0.15, 0.2) is 10.7 Å². The lowest BCUT2D eigenvalue weighted by Gasteiger charge is -2.13. The summed E-state index contributed by atoms with van der Waals surface area (Å²) in [4.78, 5) is 0.0770. The first-order valence-electron chi connectivity index (χ1n) is 5.18. The van der Waals surface area contributed by atoms with Crippen molar-refractivity contribution < 1.29 is 8.42 Å². The molecule has 0 radical (unpaired) electrons. The first-order chi connectivity index (χ1) is 7.76. The minimum Gasteiger partial charge on any atom is -0.382 e. The van der Waals surface area contributed by atoms with E-state index in [0.29, 0.717) is 17.5 Å². The molecule has 1 heterocycles. The van der Waals surface area contributed by atoms with Crippen LogP contribution in [0.1, 0.15) is 13.8 Å². The molecule has 17 heavy (non-hydrogen) atoms. The molecule has 0 amide bonds. The van der Waals surface area contributed by atoms with E-state index in [9.17, 15) is 8.42 Å². The van der Waals surface area contributed by atoms with Crippen molar-refractivity contribution in [2.45, 2.75) is 18.7 Å². The second-order valence-electron chi connectivity index (χ2n) is 4.29. The van der Waals surface area contributed by atoms with Gasteiger partial charge in [-0.3, -0.25) is 0 Å². The van der Waals surface area contributed by atoms with E-state index in [1.807, 2.05) is 13.8 Å². The zero-order valence-electron chi connectivity index (χ0n) is 10.4. The van der Waals surface area contributed by atoms with Crippen LogP contribution in [-0.4, -0.2) is 37.7 Å². The van der Waals surface area contributed by atoms with Crippen LogP contribution >= 0.6 is 11.5 Å². The summed E-state index contributed by atoms with van der Waals surface area (Å²) in [6.07, 6.45) is 0. The highest BCUT2D eigenvalue weighted by atomic mass is 32.2. The topological polar surface area (TPSA) is 88.3 Å². The molecule has 0 saturated heterocycles. The summed E-state index contributed by atoms with van der Waals surface area (Å²) in [5.41, 5.74) is 5.63. The minimum atomic E-state index is -3.55. The van der Waals surface area contributed by atoms with Gasteiger partial charge in [-0.25, -0.2) is 12.7 Å². The summed E-state index contributed by atoms with van der Waals surface area (Å²) < 4.78 is 29.1. The van der Waals surface area contributed by atoms with Crippen LogP contribution in [0.4, 0.5) is 10.8 Å². The van der Waals surface area contributed by atoms with Crippen molar-refractivity contribution in [2.75, 3.05) is 31.7 Å². The molecule has 98 valence electrons. The molecule has 0 aliphatic heterocycles. The average molecular weight is 278 g/mol. The number of nitrogen functional groups attached to an aromatic ring is 1. The molecule has 3 N–H and O–H groups in total. The van der Waals surface area contributed by atoms with Gasteiger partial charge in [0.25, 0.3) is 0 Å². The van der Waals surface area contributed by atoms with Crippen LogP contribution in [0, 0.1) is 5.92 Å². The first-order valence-corrected chi connectivity index (χ1v) is 7.39. The predicted molar refractivity (Wildman–Crippen MR) is 70.7 cm³/mol. The van der Waals surface area contributed by atoms with Gasteiger partial charge in [-0.1, -0.05) is 13.8 Å². The van der Waals surface area contributed by atoms with E-state index in [0.717, 1.165) is 15.8 Å². The highest BCUT2D eigenvalue weighted by Crippen LogP contribution is 2.32. The van der Waals surface area contributed by atoms with E-state index in [2.05, 4.69) is 9.69 Å². The number of nitrogens with one attached hydrogen (secondary N) is 1. The molecule has 1 aromatic rings. The third-order valence-corrected chi connectivity index (χ3v) is 4.92. The Bertz CT molecular complexity index is 479. The van der Waals surface area contributed by atoms with E-state index < -0.39 is 10.0 Å². The number of nitrogens with zero attached hydrogens (tertiary/aromatic N) is 2. The molecule has 0 saturated carbocycles. The Kier molecular flexibility index (Phi) is 4.34. The third-order valence-electron chi connectivity index (χ3n) is 2.08. The lowest BCUT2D eigenvalue weighted by Crippen LogP contribution is -2.24. The Hall–Kier alpha value is -0.860. The van der Waals surface area contributed by atoms with Gasteiger partial charge >= 0.3 is 0 Å². The Labute approximate surface area is 106 Å². The van der Waals surface area contributed by atoms with E-state index in [4.69, 9.17) is 5.73 Å². The summed E-state index contributed by atoms with van der Waals surface area (Å²) in [7, 11) is -0.607.